The highest BCUT2D eigenvalue weighted by atomic mass is 16.5. The number of hydrogen-bond acceptors (Lipinski definition) is 2. The second kappa shape index (κ2) is 2.69. The Hall–Kier alpha value is -0.630. The Kier molecular flexibility index (Phi) is 1.67. The van der Waals surface area contributed by atoms with Gasteiger partial charge in [0.05, 0.1) is 17.6 Å². The van der Waals surface area contributed by atoms with Gasteiger partial charge in [-0.1, -0.05) is 25.5 Å². The van der Waals surface area contributed by atoms with Crippen molar-refractivity contribution in [2.75, 3.05) is 0 Å². The summed E-state index contributed by atoms with van der Waals surface area (Å²) in [6, 6.07) is 0. The summed E-state index contributed by atoms with van der Waals surface area (Å²) in [4.78, 5) is 12.0. The molecular weight excluding hydrogens is 176 g/mol. The molecule has 1 aliphatic carbocycles. The number of Topliss-reactive ketones (excluding diaryl/α,β-unsaturated/α-hetero) is 1. The monoisotopic (exact) mass is 192 g/mol. The predicted molar refractivity (Wildman–Crippen MR) is 52.9 cm³/mol. The van der Waals surface area contributed by atoms with Crippen LogP contribution in [0.3, 0.4) is 0 Å². The molecule has 2 heteroatoms. The summed E-state index contributed by atoms with van der Waals surface area (Å²) in [7, 11) is 0. The summed E-state index contributed by atoms with van der Waals surface area (Å²) in [5.41, 5.74) is -0.205. The molecule has 2 aliphatic heterocycles. The van der Waals surface area contributed by atoms with Crippen molar-refractivity contribution in [1.29, 1.82) is 0 Å². The number of fused-ring (bicyclic) bond motifs is 6. The highest BCUT2D eigenvalue weighted by molar-refractivity contribution is 5.89. The van der Waals surface area contributed by atoms with Crippen LogP contribution in [0.15, 0.2) is 12.2 Å². The average molecular weight is 192 g/mol. The van der Waals surface area contributed by atoms with Gasteiger partial charge in [0.1, 0.15) is 5.78 Å². The molecule has 4 bridgehead atoms. The van der Waals surface area contributed by atoms with Crippen LogP contribution in [0, 0.1) is 11.8 Å². The molecular formula is C12H16O2. The third-order valence-corrected chi connectivity index (χ3v) is 4.03. The van der Waals surface area contributed by atoms with Gasteiger partial charge in [-0.25, -0.2) is 0 Å². The van der Waals surface area contributed by atoms with Crippen LogP contribution >= 0.6 is 0 Å². The third kappa shape index (κ3) is 0.876. The van der Waals surface area contributed by atoms with E-state index in [1.807, 2.05) is 0 Å². The van der Waals surface area contributed by atoms with Gasteiger partial charge in [0.15, 0.2) is 0 Å². The maximum absolute atomic E-state index is 12.0. The van der Waals surface area contributed by atoms with E-state index in [2.05, 4.69) is 19.1 Å². The van der Waals surface area contributed by atoms with Crippen molar-refractivity contribution < 1.29 is 9.53 Å². The first-order chi connectivity index (χ1) is 6.77. The van der Waals surface area contributed by atoms with Gasteiger partial charge in [-0.15, -0.1) is 0 Å². The van der Waals surface area contributed by atoms with Crippen molar-refractivity contribution in [2.24, 2.45) is 11.8 Å². The molecule has 0 N–H and O–H groups in total. The summed E-state index contributed by atoms with van der Waals surface area (Å²) in [6.45, 7) is 2.16. The fourth-order valence-corrected chi connectivity index (χ4v) is 3.41. The molecule has 2 nitrogen and oxygen atoms in total. The average Bonchev–Trinajstić information content (AvgIpc) is 2.62. The van der Waals surface area contributed by atoms with E-state index in [0.717, 1.165) is 25.7 Å². The number of ketones is 1. The van der Waals surface area contributed by atoms with Crippen molar-refractivity contribution in [3.63, 3.8) is 0 Å². The van der Waals surface area contributed by atoms with Gasteiger partial charge in [0.25, 0.3) is 0 Å². The quantitative estimate of drug-likeness (QED) is 0.626. The molecule has 1 saturated carbocycles. The SMILES string of the molecule is CCCC12C=CC(O1)C1CCC2C1=O. The Bertz CT molecular complexity index is 307. The Morgan fingerprint density at radius 2 is 2.43 bits per heavy atom. The summed E-state index contributed by atoms with van der Waals surface area (Å²) in [6.07, 6.45) is 8.58. The first-order valence-corrected chi connectivity index (χ1v) is 5.68. The van der Waals surface area contributed by atoms with Gasteiger partial charge < -0.3 is 4.74 Å². The summed E-state index contributed by atoms with van der Waals surface area (Å²) < 4.78 is 6.05. The predicted octanol–water partition coefficient (Wildman–Crippen LogP) is 2.09. The topological polar surface area (TPSA) is 26.3 Å². The Morgan fingerprint density at radius 3 is 3.21 bits per heavy atom. The van der Waals surface area contributed by atoms with Crippen LogP contribution in [-0.2, 0) is 9.53 Å². The largest absolute Gasteiger partial charge is 0.362 e. The zero-order valence-corrected chi connectivity index (χ0v) is 8.53. The van der Waals surface area contributed by atoms with Crippen molar-refractivity contribution in [2.45, 2.75) is 44.3 Å². The van der Waals surface area contributed by atoms with Gasteiger partial charge in [0, 0.05) is 5.92 Å². The molecule has 14 heavy (non-hydrogen) atoms. The standard InChI is InChI=1S/C12H16O2/c1-2-6-12-7-5-10(14-12)8-3-4-9(12)11(8)13/h5,7-10H,2-4,6H2,1H3. The molecule has 0 radical (unpaired) electrons. The maximum Gasteiger partial charge on any atom is 0.145 e. The fourth-order valence-electron chi connectivity index (χ4n) is 3.41. The van der Waals surface area contributed by atoms with Crippen molar-refractivity contribution in [3.05, 3.63) is 12.2 Å². The molecule has 0 aromatic carbocycles. The Balaban J connectivity index is 2.00. The molecule has 0 aromatic heterocycles. The molecule has 3 aliphatic rings. The van der Waals surface area contributed by atoms with Gasteiger partial charge in [0.2, 0.25) is 0 Å². The van der Waals surface area contributed by atoms with Gasteiger partial charge in [-0.3, -0.25) is 4.79 Å². The smallest absolute Gasteiger partial charge is 0.145 e. The molecule has 2 fully saturated rings. The summed E-state index contributed by atoms with van der Waals surface area (Å²) in [5.74, 6) is 0.825. The van der Waals surface area contributed by atoms with Crippen molar-refractivity contribution >= 4 is 5.78 Å². The third-order valence-electron chi connectivity index (χ3n) is 4.03. The van der Waals surface area contributed by atoms with Crippen LogP contribution < -0.4 is 0 Å². The van der Waals surface area contributed by atoms with E-state index in [1.54, 1.807) is 0 Å². The van der Waals surface area contributed by atoms with Crippen LogP contribution in [0.1, 0.15) is 32.6 Å². The zero-order valence-electron chi connectivity index (χ0n) is 8.53. The van der Waals surface area contributed by atoms with E-state index in [1.165, 1.54) is 0 Å². The van der Waals surface area contributed by atoms with E-state index >= 15 is 0 Å². The first-order valence-electron chi connectivity index (χ1n) is 5.68. The minimum atomic E-state index is -0.205. The molecule has 4 unspecified atom stereocenters. The normalized spacial score (nSPS) is 48.9. The lowest BCUT2D eigenvalue weighted by Crippen LogP contribution is -2.47. The highest BCUT2D eigenvalue weighted by Crippen LogP contribution is 2.51. The number of ether oxygens (including phenoxy) is 1. The molecule has 4 atom stereocenters. The molecule has 0 spiro atoms. The van der Waals surface area contributed by atoms with Crippen LogP contribution in [-0.4, -0.2) is 17.5 Å². The Labute approximate surface area is 84.3 Å². The van der Waals surface area contributed by atoms with Gasteiger partial charge >= 0.3 is 0 Å². The summed E-state index contributed by atoms with van der Waals surface area (Å²) >= 11 is 0. The lowest BCUT2D eigenvalue weighted by molar-refractivity contribution is -0.153. The molecule has 0 amide bonds. The van der Waals surface area contributed by atoms with Crippen LogP contribution in [0.4, 0.5) is 0 Å². The second-order valence-corrected chi connectivity index (χ2v) is 4.79. The molecule has 3 rings (SSSR count). The van der Waals surface area contributed by atoms with Crippen LogP contribution in [0.2, 0.25) is 0 Å². The lowest BCUT2D eigenvalue weighted by Gasteiger charge is -2.38. The first kappa shape index (κ1) is 8.66. The Morgan fingerprint density at radius 1 is 1.57 bits per heavy atom. The van der Waals surface area contributed by atoms with E-state index in [0.29, 0.717) is 5.78 Å². The summed E-state index contributed by atoms with van der Waals surface area (Å²) in [5, 5.41) is 0. The number of carbonyl (C=O) groups excluding carboxylic acids is 1. The maximum atomic E-state index is 12.0. The highest BCUT2D eigenvalue weighted by Gasteiger charge is 2.57. The van der Waals surface area contributed by atoms with Gasteiger partial charge in [-0.2, -0.15) is 0 Å². The molecule has 0 aromatic rings. The number of hydrogen-bond donors (Lipinski definition) is 0. The van der Waals surface area contributed by atoms with Crippen LogP contribution in [0.25, 0.3) is 0 Å². The second-order valence-electron chi connectivity index (χ2n) is 4.79. The lowest BCUT2D eigenvalue weighted by atomic mass is 9.81. The fraction of sp³-hybridized carbons (Fsp3) is 0.750. The molecule has 2 heterocycles. The minimum absolute atomic E-state index is 0.104. The van der Waals surface area contributed by atoms with Crippen molar-refractivity contribution in [1.82, 2.24) is 0 Å². The van der Waals surface area contributed by atoms with Crippen LogP contribution in [0.5, 0.6) is 0 Å². The zero-order chi connectivity index (χ0) is 9.76. The van der Waals surface area contributed by atoms with E-state index in [9.17, 15) is 4.79 Å². The minimum Gasteiger partial charge on any atom is -0.362 e. The number of carbonyl (C=O) groups is 1. The van der Waals surface area contributed by atoms with Gasteiger partial charge in [-0.05, 0) is 19.3 Å². The molecule has 76 valence electrons. The number of rotatable bonds is 2. The van der Waals surface area contributed by atoms with E-state index in [-0.39, 0.29) is 23.5 Å². The van der Waals surface area contributed by atoms with E-state index in [4.69, 9.17) is 4.74 Å². The van der Waals surface area contributed by atoms with Crippen molar-refractivity contribution in [3.8, 4) is 0 Å². The molecule has 1 saturated heterocycles. The van der Waals surface area contributed by atoms with E-state index < -0.39 is 0 Å².